The van der Waals surface area contributed by atoms with Gasteiger partial charge in [-0.25, -0.2) is 21.7 Å². The van der Waals surface area contributed by atoms with Crippen molar-refractivity contribution in [3.05, 3.63) is 0 Å². The third-order valence-corrected chi connectivity index (χ3v) is 0.750. The average Bonchev–Trinajstić information content (AvgIpc) is 2.17. The Labute approximate surface area is 28.9 Å². The Balaban J connectivity index is 2.30. The number of hydrogen-bond acceptors (Lipinski definition) is 4. The predicted molar refractivity (Wildman–Crippen MR) is 15.3 cm³/mol. The zero-order valence-electron chi connectivity index (χ0n) is 2.50. The minimum atomic E-state index is 0. The Kier molecular flexibility index (Phi) is 0.134. The van der Waals surface area contributed by atoms with E-state index in [0.29, 0.717) is 0 Å². The molecule has 2 rings (SSSR count). The molecule has 4 heteroatoms. The van der Waals surface area contributed by atoms with E-state index in [1.54, 1.807) is 0 Å². The lowest BCUT2D eigenvalue weighted by atomic mass is 11.0. The molecule has 2 saturated heterocycles. The molecule has 2 aliphatic heterocycles. The Morgan fingerprint density at radius 2 is 1.20 bits per heavy atom. The van der Waals surface area contributed by atoms with E-state index in [1.165, 1.54) is 0 Å². The molecule has 0 aromatic carbocycles. The van der Waals surface area contributed by atoms with Crippen molar-refractivity contribution in [1.29, 1.82) is 0 Å². The first-order valence-electron chi connectivity index (χ1n) is 1.50. The lowest BCUT2D eigenvalue weighted by Gasteiger charge is -1.50. The van der Waals surface area contributed by atoms with Gasteiger partial charge >= 0.3 is 0 Å². The third-order valence-electron chi connectivity index (χ3n) is 0.750. The molecule has 28 valence electrons. The molecule has 0 aromatic heterocycles. The predicted octanol–water partition coefficient (Wildman–Crippen LogP) is -2.19. The summed E-state index contributed by atoms with van der Waals surface area (Å²) in [6.07, 6.45) is 0. The van der Waals surface area contributed by atoms with E-state index in [0.717, 1.165) is 0 Å². The topological polar surface area (TPSA) is 87.8 Å². The Morgan fingerprint density at radius 3 is 1.20 bits per heavy atom. The maximum absolute atomic E-state index is 2.81. The first-order chi connectivity index (χ1) is 2.41. The summed E-state index contributed by atoms with van der Waals surface area (Å²) in [6.45, 7) is 0. The van der Waals surface area contributed by atoms with Crippen LogP contribution in [-0.2, 0) is 0 Å². The average molecular weight is 72.1 g/mol. The molecule has 2 fully saturated rings. The van der Waals surface area contributed by atoms with Crippen molar-refractivity contribution in [1.82, 2.24) is 21.7 Å². The first-order valence-corrected chi connectivity index (χ1v) is 1.50. The van der Waals surface area contributed by atoms with Gasteiger partial charge in [-0.2, -0.15) is 0 Å². The highest BCUT2D eigenvalue weighted by Crippen LogP contribution is 2.06. The fourth-order valence-electron chi connectivity index (χ4n) is 0.250. The summed E-state index contributed by atoms with van der Waals surface area (Å²) in [4.78, 5) is 0. The van der Waals surface area contributed by atoms with Crippen molar-refractivity contribution in [2.45, 2.75) is 5.91 Å². The molecule has 0 saturated carbocycles. The number of nitrogens with one attached hydrogen (secondary N) is 4. The van der Waals surface area contributed by atoms with Gasteiger partial charge in [0.2, 0.25) is 5.91 Å². The molecule has 2 aliphatic rings. The van der Waals surface area contributed by atoms with E-state index in [2.05, 4.69) is 21.7 Å². The van der Waals surface area contributed by atoms with E-state index in [4.69, 9.17) is 0 Å². The monoisotopic (exact) mass is 72.0 g/mol. The Morgan fingerprint density at radius 1 is 0.800 bits per heavy atom. The van der Waals surface area contributed by atoms with Crippen LogP contribution in [0, 0.1) is 0 Å². The van der Waals surface area contributed by atoms with Crippen molar-refractivity contribution in [2.24, 2.45) is 0 Å². The summed E-state index contributed by atoms with van der Waals surface area (Å²) < 4.78 is 0. The number of rotatable bonds is 0. The van der Waals surface area contributed by atoms with Crippen LogP contribution in [0.5, 0.6) is 0 Å². The molecule has 4 nitrogen and oxygen atoms in total. The van der Waals surface area contributed by atoms with Crippen molar-refractivity contribution in [3.63, 3.8) is 0 Å². The van der Waals surface area contributed by atoms with Crippen LogP contribution in [0.4, 0.5) is 0 Å². The zero-order valence-corrected chi connectivity index (χ0v) is 2.50. The Hall–Kier alpha value is -0.160. The standard InChI is InChI=1S/CH4N4/c2-1(3-2)4-5-1/h2-5H. The maximum atomic E-state index is 2.81. The van der Waals surface area contributed by atoms with E-state index < -0.39 is 0 Å². The lowest BCUT2D eigenvalue weighted by Crippen LogP contribution is -1.97. The largest absolute Gasteiger partial charge is 0.233 e. The van der Waals surface area contributed by atoms with Crippen LogP contribution in [0.25, 0.3) is 0 Å². The van der Waals surface area contributed by atoms with Gasteiger partial charge in [-0.05, 0) is 0 Å². The van der Waals surface area contributed by atoms with Crippen LogP contribution in [-0.4, -0.2) is 5.91 Å². The van der Waals surface area contributed by atoms with Crippen molar-refractivity contribution < 1.29 is 0 Å². The highest BCUT2D eigenvalue weighted by atomic mass is 16.0. The molecule has 0 atom stereocenters. The van der Waals surface area contributed by atoms with Gasteiger partial charge in [-0.3, -0.25) is 0 Å². The highest BCUT2D eigenvalue weighted by Gasteiger charge is 2.53. The SMILES string of the molecule is N1NC12NN2. The molecule has 5 heavy (non-hydrogen) atoms. The van der Waals surface area contributed by atoms with Crippen molar-refractivity contribution in [3.8, 4) is 0 Å². The molecule has 2 heterocycles. The van der Waals surface area contributed by atoms with Crippen molar-refractivity contribution >= 4 is 0 Å². The normalized spacial score (nSPS) is 38.4. The van der Waals surface area contributed by atoms with Crippen molar-refractivity contribution in [2.75, 3.05) is 0 Å². The second-order valence-electron chi connectivity index (χ2n) is 1.25. The van der Waals surface area contributed by atoms with Crippen LogP contribution >= 0.6 is 0 Å². The molecule has 0 bridgehead atoms. The molecular formula is CH4N4. The van der Waals surface area contributed by atoms with Crippen LogP contribution in [0.3, 0.4) is 0 Å². The molecule has 0 aliphatic carbocycles. The van der Waals surface area contributed by atoms with Gasteiger partial charge in [-0.15, -0.1) is 0 Å². The second-order valence-corrected chi connectivity index (χ2v) is 1.25. The summed E-state index contributed by atoms with van der Waals surface area (Å²) in [5, 5.41) is 0. The van der Waals surface area contributed by atoms with E-state index in [1.807, 2.05) is 0 Å². The minimum absolute atomic E-state index is 0. The highest BCUT2D eigenvalue weighted by molar-refractivity contribution is 4.97. The van der Waals surface area contributed by atoms with Crippen LogP contribution < -0.4 is 21.7 Å². The quantitative estimate of drug-likeness (QED) is 0.245. The molecule has 0 aromatic rings. The Bertz CT molecular complexity index is 46.5. The fraction of sp³-hybridized carbons (Fsp3) is 1.00. The second kappa shape index (κ2) is 0.320. The summed E-state index contributed by atoms with van der Waals surface area (Å²) in [5.74, 6) is 0. The van der Waals surface area contributed by atoms with Gasteiger partial charge in [-0.1, -0.05) is 0 Å². The van der Waals surface area contributed by atoms with Gasteiger partial charge in [0.25, 0.3) is 0 Å². The molecule has 4 N–H and O–H groups in total. The van der Waals surface area contributed by atoms with E-state index in [9.17, 15) is 0 Å². The van der Waals surface area contributed by atoms with Gasteiger partial charge in [0.1, 0.15) is 0 Å². The minimum Gasteiger partial charge on any atom is -0.205 e. The summed E-state index contributed by atoms with van der Waals surface area (Å²) in [5.41, 5.74) is 11.2. The molecular weight excluding hydrogens is 68.0 g/mol. The molecule has 0 unspecified atom stereocenters. The maximum Gasteiger partial charge on any atom is 0.233 e. The van der Waals surface area contributed by atoms with Gasteiger partial charge in [0, 0.05) is 0 Å². The van der Waals surface area contributed by atoms with E-state index >= 15 is 0 Å². The first kappa shape index (κ1) is 2.09. The number of hydrazine groups is 2. The van der Waals surface area contributed by atoms with Crippen LogP contribution in [0.1, 0.15) is 0 Å². The third kappa shape index (κ3) is 0.134. The van der Waals surface area contributed by atoms with Gasteiger partial charge in [0.15, 0.2) is 0 Å². The fourth-order valence-corrected chi connectivity index (χ4v) is 0.250. The molecule has 0 amide bonds. The summed E-state index contributed by atoms with van der Waals surface area (Å²) >= 11 is 0. The number of hydrogen-bond donors (Lipinski definition) is 4. The van der Waals surface area contributed by atoms with E-state index in [-0.39, 0.29) is 5.91 Å². The van der Waals surface area contributed by atoms with Crippen LogP contribution in [0.15, 0.2) is 0 Å². The lowest BCUT2D eigenvalue weighted by molar-refractivity contribution is 0.941. The smallest absolute Gasteiger partial charge is 0.205 e. The summed E-state index contributed by atoms with van der Waals surface area (Å²) in [7, 11) is 0. The molecule has 0 radical (unpaired) electrons. The zero-order chi connectivity index (χ0) is 3.33. The molecule has 1 spiro atoms. The van der Waals surface area contributed by atoms with Gasteiger partial charge < -0.3 is 0 Å². The van der Waals surface area contributed by atoms with Crippen LogP contribution in [0.2, 0.25) is 0 Å². The van der Waals surface area contributed by atoms with Gasteiger partial charge in [0.05, 0.1) is 0 Å². The summed E-state index contributed by atoms with van der Waals surface area (Å²) in [6, 6.07) is 0.